The molecule has 6 nitrogen and oxygen atoms in total. The van der Waals surface area contributed by atoms with Gasteiger partial charge in [-0.25, -0.2) is 0 Å². The van der Waals surface area contributed by atoms with Crippen LogP contribution in [0.1, 0.15) is 70.8 Å². The van der Waals surface area contributed by atoms with Gasteiger partial charge in [-0.15, -0.1) is 0 Å². The quantitative estimate of drug-likeness (QED) is 0.793. The average molecular weight is 410 g/mol. The number of methoxy groups -OCH3 is 1. The van der Waals surface area contributed by atoms with Crippen LogP contribution in [0.25, 0.3) is 0 Å². The minimum absolute atomic E-state index is 0.00634. The van der Waals surface area contributed by atoms with Crippen molar-refractivity contribution in [3.05, 3.63) is 58.9 Å². The van der Waals surface area contributed by atoms with E-state index in [-0.39, 0.29) is 24.0 Å². The van der Waals surface area contributed by atoms with Crippen LogP contribution in [-0.4, -0.2) is 47.6 Å². The van der Waals surface area contributed by atoms with E-state index in [1.807, 2.05) is 41.3 Å². The van der Waals surface area contributed by atoms with Gasteiger partial charge in [-0.1, -0.05) is 37.3 Å². The van der Waals surface area contributed by atoms with Crippen LogP contribution < -0.4 is 5.32 Å². The summed E-state index contributed by atoms with van der Waals surface area (Å²) >= 11 is 0. The van der Waals surface area contributed by atoms with Crippen molar-refractivity contribution in [2.24, 2.45) is 0 Å². The van der Waals surface area contributed by atoms with Crippen molar-refractivity contribution in [1.29, 1.82) is 0 Å². The van der Waals surface area contributed by atoms with Gasteiger partial charge in [0.1, 0.15) is 5.69 Å². The third-order valence-electron chi connectivity index (χ3n) is 6.40. The predicted octanol–water partition coefficient (Wildman–Crippen LogP) is 3.57. The van der Waals surface area contributed by atoms with Crippen molar-refractivity contribution < 1.29 is 14.3 Å². The lowest BCUT2D eigenvalue weighted by molar-refractivity contribution is 0.0713. The monoisotopic (exact) mass is 409 g/mol. The van der Waals surface area contributed by atoms with E-state index in [0.29, 0.717) is 24.3 Å². The number of hydrogen-bond donors (Lipinski definition) is 1. The number of nitrogens with one attached hydrogen (secondary N) is 1. The fourth-order valence-corrected chi connectivity index (χ4v) is 4.66. The Bertz CT molecular complexity index is 906. The highest BCUT2D eigenvalue weighted by Crippen LogP contribution is 2.27. The van der Waals surface area contributed by atoms with Crippen molar-refractivity contribution in [2.75, 3.05) is 20.2 Å². The standard InChI is InChI=1S/C24H31N3O3/c1-3-20(17-9-5-4-6-10-17)25-23(28)19-15-22(27-13-8-7-11-21(19)27)24(29)26-14-12-18(16-26)30-2/h4-6,9-10,15,18,20H,3,7-8,11-14,16H2,1-2H3,(H,25,28)/t18?,20-/m1/s1. The fourth-order valence-electron chi connectivity index (χ4n) is 4.66. The van der Waals surface area contributed by atoms with E-state index >= 15 is 0 Å². The Labute approximate surface area is 178 Å². The molecule has 4 rings (SSSR count). The first-order valence-electron chi connectivity index (χ1n) is 11.0. The number of nitrogens with zero attached hydrogens (tertiary/aromatic N) is 2. The molecular weight excluding hydrogens is 378 g/mol. The van der Waals surface area contributed by atoms with Gasteiger partial charge in [0.05, 0.1) is 17.7 Å². The Balaban J connectivity index is 1.59. The number of likely N-dealkylation sites (tertiary alicyclic amines) is 1. The van der Waals surface area contributed by atoms with E-state index in [2.05, 4.69) is 16.8 Å². The molecule has 2 atom stereocenters. The second-order valence-corrected chi connectivity index (χ2v) is 8.24. The minimum atomic E-state index is -0.0911. The molecule has 0 aliphatic carbocycles. The first kappa shape index (κ1) is 20.7. The van der Waals surface area contributed by atoms with Crippen LogP contribution in [-0.2, 0) is 17.7 Å². The Hall–Kier alpha value is -2.60. The van der Waals surface area contributed by atoms with Crippen molar-refractivity contribution in [3.63, 3.8) is 0 Å². The van der Waals surface area contributed by atoms with Gasteiger partial charge < -0.3 is 19.5 Å². The molecule has 30 heavy (non-hydrogen) atoms. The normalized spacial score (nSPS) is 19.4. The van der Waals surface area contributed by atoms with Crippen molar-refractivity contribution in [2.45, 2.75) is 57.7 Å². The summed E-state index contributed by atoms with van der Waals surface area (Å²) in [6.45, 7) is 4.18. The zero-order valence-corrected chi connectivity index (χ0v) is 17.9. The van der Waals surface area contributed by atoms with Gasteiger partial charge in [-0.05, 0) is 43.7 Å². The maximum atomic E-state index is 13.2. The molecule has 1 unspecified atom stereocenters. The maximum Gasteiger partial charge on any atom is 0.270 e. The van der Waals surface area contributed by atoms with Crippen LogP contribution in [0.4, 0.5) is 0 Å². The average Bonchev–Trinajstić information content (AvgIpc) is 3.42. The minimum Gasteiger partial charge on any atom is -0.380 e. The van der Waals surface area contributed by atoms with Crippen LogP contribution in [0.3, 0.4) is 0 Å². The molecule has 1 fully saturated rings. The molecule has 1 saturated heterocycles. The topological polar surface area (TPSA) is 63.6 Å². The van der Waals surface area contributed by atoms with Crippen molar-refractivity contribution in [1.82, 2.24) is 14.8 Å². The summed E-state index contributed by atoms with van der Waals surface area (Å²) in [5.74, 6) is -0.0848. The Kier molecular flexibility index (Phi) is 6.23. The van der Waals surface area contributed by atoms with Gasteiger partial charge in [0.25, 0.3) is 11.8 Å². The Morgan fingerprint density at radius 2 is 2.00 bits per heavy atom. The second-order valence-electron chi connectivity index (χ2n) is 8.24. The number of hydrogen-bond acceptors (Lipinski definition) is 3. The molecule has 0 saturated carbocycles. The first-order valence-corrected chi connectivity index (χ1v) is 11.0. The van der Waals surface area contributed by atoms with Crippen LogP contribution in [0, 0.1) is 0 Å². The van der Waals surface area contributed by atoms with Crippen LogP contribution >= 0.6 is 0 Å². The molecular formula is C24H31N3O3. The molecule has 2 aliphatic rings. The molecule has 6 heteroatoms. The highest BCUT2D eigenvalue weighted by molar-refractivity contribution is 6.01. The zero-order valence-electron chi connectivity index (χ0n) is 17.9. The van der Waals surface area contributed by atoms with Crippen molar-refractivity contribution >= 4 is 11.8 Å². The summed E-state index contributed by atoms with van der Waals surface area (Å²) in [4.78, 5) is 28.3. The molecule has 0 spiro atoms. The van der Waals surface area contributed by atoms with Gasteiger partial charge in [-0.2, -0.15) is 0 Å². The molecule has 1 aromatic heterocycles. The number of benzene rings is 1. The molecule has 160 valence electrons. The first-order chi connectivity index (χ1) is 14.6. The second kappa shape index (κ2) is 9.04. The molecule has 3 heterocycles. The zero-order chi connectivity index (χ0) is 21.1. The summed E-state index contributed by atoms with van der Waals surface area (Å²) < 4.78 is 7.49. The number of aromatic nitrogens is 1. The van der Waals surface area contributed by atoms with Gasteiger partial charge in [0.2, 0.25) is 0 Å². The number of amides is 2. The molecule has 1 N–H and O–H groups in total. The van der Waals surface area contributed by atoms with E-state index in [9.17, 15) is 9.59 Å². The number of carbonyl (C=O) groups is 2. The smallest absolute Gasteiger partial charge is 0.270 e. The molecule has 1 aromatic carbocycles. The predicted molar refractivity (Wildman–Crippen MR) is 116 cm³/mol. The SMILES string of the molecule is CC[C@@H](NC(=O)c1cc(C(=O)N2CCC(OC)C2)n2c1CCCC2)c1ccccc1. The van der Waals surface area contributed by atoms with Crippen LogP contribution in [0.15, 0.2) is 36.4 Å². The highest BCUT2D eigenvalue weighted by atomic mass is 16.5. The van der Waals surface area contributed by atoms with Gasteiger partial charge in [0, 0.05) is 32.4 Å². The number of ether oxygens (including phenoxy) is 1. The molecule has 0 radical (unpaired) electrons. The van der Waals surface area contributed by atoms with E-state index in [4.69, 9.17) is 4.74 Å². The van der Waals surface area contributed by atoms with Gasteiger partial charge in [0.15, 0.2) is 0 Å². The third kappa shape index (κ3) is 4.01. The van der Waals surface area contributed by atoms with Crippen LogP contribution in [0.5, 0.6) is 0 Å². The summed E-state index contributed by atoms with van der Waals surface area (Å²) in [5.41, 5.74) is 3.38. The lowest BCUT2D eigenvalue weighted by Gasteiger charge is -2.22. The summed E-state index contributed by atoms with van der Waals surface area (Å²) in [6, 6.07) is 11.8. The third-order valence-corrected chi connectivity index (χ3v) is 6.40. The van der Waals surface area contributed by atoms with E-state index in [1.54, 1.807) is 7.11 Å². The molecule has 2 aliphatic heterocycles. The molecule has 0 bridgehead atoms. The summed E-state index contributed by atoms with van der Waals surface area (Å²) in [7, 11) is 1.69. The number of rotatable bonds is 6. The Morgan fingerprint density at radius 3 is 2.70 bits per heavy atom. The number of carbonyl (C=O) groups excluding carboxylic acids is 2. The maximum absolute atomic E-state index is 13.2. The largest absolute Gasteiger partial charge is 0.380 e. The number of fused-ring (bicyclic) bond motifs is 1. The highest BCUT2D eigenvalue weighted by Gasteiger charge is 2.32. The van der Waals surface area contributed by atoms with Gasteiger partial charge >= 0.3 is 0 Å². The Morgan fingerprint density at radius 1 is 1.20 bits per heavy atom. The molecule has 2 aromatic rings. The van der Waals surface area contributed by atoms with E-state index < -0.39 is 0 Å². The van der Waals surface area contributed by atoms with Crippen LogP contribution in [0.2, 0.25) is 0 Å². The summed E-state index contributed by atoms with van der Waals surface area (Å²) in [6.07, 6.45) is 4.68. The lowest BCUT2D eigenvalue weighted by Crippen LogP contribution is -2.32. The van der Waals surface area contributed by atoms with Gasteiger partial charge in [-0.3, -0.25) is 9.59 Å². The molecule has 2 amide bonds. The van der Waals surface area contributed by atoms with E-state index in [0.717, 1.165) is 49.9 Å². The van der Waals surface area contributed by atoms with E-state index in [1.165, 1.54) is 0 Å². The fraction of sp³-hybridized carbons (Fsp3) is 0.500. The van der Waals surface area contributed by atoms with Crippen molar-refractivity contribution in [3.8, 4) is 0 Å². The summed E-state index contributed by atoms with van der Waals surface area (Å²) in [5, 5.41) is 3.19. The lowest BCUT2D eigenvalue weighted by atomic mass is 10.0.